The van der Waals surface area contributed by atoms with Crippen LogP contribution in [0.5, 0.6) is 0 Å². The molecular formula is C28H36N6O3. The number of hydrogen-bond donors (Lipinski definition) is 3. The zero-order chi connectivity index (χ0) is 25.8. The molecule has 1 saturated heterocycles. The zero-order valence-electron chi connectivity index (χ0n) is 21.4. The topological polar surface area (TPSA) is 105 Å². The normalized spacial score (nSPS) is 20.8. The van der Waals surface area contributed by atoms with Crippen molar-refractivity contribution in [1.82, 2.24) is 25.0 Å². The number of nitrogens with zero attached hydrogens (tertiary/aromatic N) is 4. The van der Waals surface area contributed by atoms with E-state index in [9.17, 15) is 9.90 Å². The number of ether oxygens (including phenoxy) is 1. The van der Waals surface area contributed by atoms with Gasteiger partial charge in [-0.2, -0.15) is 5.10 Å². The number of amides is 1. The number of likely N-dealkylation sites (tertiary alicyclic amines) is 1. The lowest BCUT2D eigenvalue weighted by Crippen LogP contribution is -2.44. The highest BCUT2D eigenvalue weighted by Gasteiger charge is 2.30. The summed E-state index contributed by atoms with van der Waals surface area (Å²) in [6.45, 7) is 7.08. The lowest BCUT2D eigenvalue weighted by molar-refractivity contribution is 0.0844. The van der Waals surface area contributed by atoms with Gasteiger partial charge >= 0.3 is 0 Å². The highest BCUT2D eigenvalue weighted by Crippen LogP contribution is 2.36. The van der Waals surface area contributed by atoms with Gasteiger partial charge in [-0.25, -0.2) is 4.98 Å². The first-order valence-corrected chi connectivity index (χ1v) is 13.1. The van der Waals surface area contributed by atoms with Crippen molar-refractivity contribution in [2.24, 2.45) is 13.0 Å². The number of β-amino-alcohol motifs (C(OH)–C–C–N with tert-alkyl or cyclic N) is 1. The Balaban J connectivity index is 1.09. The van der Waals surface area contributed by atoms with Crippen LogP contribution in [0.1, 0.15) is 41.7 Å². The van der Waals surface area contributed by atoms with Crippen LogP contribution in [-0.4, -0.2) is 69.0 Å². The Morgan fingerprint density at radius 2 is 2.14 bits per heavy atom. The van der Waals surface area contributed by atoms with E-state index in [1.54, 1.807) is 29.2 Å². The SMILES string of the molecule is C=C1C(OCc2ccnn2C)=CC=C2CN(C[C@@H](O)CNC(=O)c3ccnc(NC4CCC4)c3)CCC12. The van der Waals surface area contributed by atoms with E-state index in [0.717, 1.165) is 55.2 Å². The lowest BCUT2D eigenvalue weighted by atomic mass is 9.81. The van der Waals surface area contributed by atoms with E-state index in [0.29, 0.717) is 24.8 Å². The summed E-state index contributed by atoms with van der Waals surface area (Å²) in [4.78, 5) is 19.2. The molecule has 2 aliphatic carbocycles. The Morgan fingerprint density at radius 3 is 2.89 bits per heavy atom. The fourth-order valence-corrected chi connectivity index (χ4v) is 5.05. The van der Waals surface area contributed by atoms with E-state index in [1.807, 2.05) is 19.2 Å². The van der Waals surface area contributed by atoms with Gasteiger partial charge in [0.25, 0.3) is 5.91 Å². The van der Waals surface area contributed by atoms with Crippen LogP contribution < -0.4 is 10.6 Å². The predicted octanol–water partition coefficient (Wildman–Crippen LogP) is 2.79. The van der Waals surface area contributed by atoms with Crippen LogP contribution in [0.3, 0.4) is 0 Å². The van der Waals surface area contributed by atoms with Gasteiger partial charge in [-0.05, 0) is 67.6 Å². The fourth-order valence-electron chi connectivity index (χ4n) is 5.05. The molecule has 0 spiro atoms. The molecule has 2 aromatic rings. The van der Waals surface area contributed by atoms with Gasteiger partial charge < -0.3 is 20.5 Å². The molecule has 3 N–H and O–H groups in total. The largest absolute Gasteiger partial charge is 0.487 e. The zero-order valence-corrected chi connectivity index (χ0v) is 21.4. The average molecular weight is 505 g/mol. The summed E-state index contributed by atoms with van der Waals surface area (Å²) in [5.41, 5.74) is 3.84. The molecule has 1 aliphatic heterocycles. The van der Waals surface area contributed by atoms with Crippen molar-refractivity contribution in [3.8, 4) is 0 Å². The third-order valence-electron chi connectivity index (χ3n) is 7.52. The molecule has 3 aliphatic rings. The molecule has 0 aromatic carbocycles. The molecule has 2 fully saturated rings. The number of hydrogen-bond acceptors (Lipinski definition) is 7. The number of fused-ring (bicyclic) bond motifs is 1. The van der Waals surface area contributed by atoms with E-state index in [4.69, 9.17) is 4.74 Å². The van der Waals surface area contributed by atoms with Crippen LogP contribution in [0.15, 0.2) is 66.2 Å². The predicted molar refractivity (Wildman–Crippen MR) is 142 cm³/mol. The second kappa shape index (κ2) is 11.3. The third kappa shape index (κ3) is 6.11. The first kappa shape index (κ1) is 25.2. The van der Waals surface area contributed by atoms with Gasteiger partial charge in [0, 0.05) is 56.6 Å². The molecule has 9 heteroatoms. The van der Waals surface area contributed by atoms with Crippen LogP contribution in [0.2, 0.25) is 0 Å². The number of anilines is 1. The third-order valence-corrected chi connectivity index (χ3v) is 7.52. The fraction of sp³-hybridized carbons (Fsp3) is 0.464. The molecule has 2 aromatic heterocycles. The number of nitrogens with one attached hydrogen (secondary N) is 2. The maximum absolute atomic E-state index is 12.6. The van der Waals surface area contributed by atoms with Gasteiger partial charge in [0.15, 0.2) is 0 Å². The van der Waals surface area contributed by atoms with Gasteiger partial charge in [0.05, 0.1) is 11.8 Å². The molecule has 0 radical (unpaired) electrons. The number of aliphatic hydroxyl groups excluding tert-OH is 1. The molecule has 2 atom stereocenters. The molecule has 1 saturated carbocycles. The smallest absolute Gasteiger partial charge is 0.251 e. The van der Waals surface area contributed by atoms with Crippen molar-refractivity contribution < 1.29 is 14.6 Å². The van der Waals surface area contributed by atoms with Crippen molar-refractivity contribution in [2.75, 3.05) is 31.5 Å². The second-order valence-corrected chi connectivity index (χ2v) is 10.2. The van der Waals surface area contributed by atoms with E-state index >= 15 is 0 Å². The summed E-state index contributed by atoms with van der Waals surface area (Å²) in [5, 5.41) is 21.0. The molecule has 37 heavy (non-hydrogen) atoms. The Hall–Kier alpha value is -3.43. The maximum atomic E-state index is 12.6. The summed E-state index contributed by atoms with van der Waals surface area (Å²) in [6.07, 6.45) is 11.3. The molecule has 1 amide bonds. The molecule has 5 rings (SSSR count). The van der Waals surface area contributed by atoms with E-state index in [2.05, 4.69) is 38.3 Å². The first-order valence-electron chi connectivity index (χ1n) is 13.1. The van der Waals surface area contributed by atoms with Crippen LogP contribution >= 0.6 is 0 Å². The van der Waals surface area contributed by atoms with Crippen LogP contribution in [0.25, 0.3) is 0 Å². The summed E-state index contributed by atoms with van der Waals surface area (Å²) < 4.78 is 7.85. The van der Waals surface area contributed by atoms with Gasteiger partial charge in [0.2, 0.25) is 0 Å². The average Bonchev–Trinajstić information content (AvgIpc) is 3.29. The number of aryl methyl sites for hydroxylation is 1. The summed E-state index contributed by atoms with van der Waals surface area (Å²) in [7, 11) is 1.90. The maximum Gasteiger partial charge on any atom is 0.251 e. The Labute approximate surface area is 217 Å². The highest BCUT2D eigenvalue weighted by molar-refractivity contribution is 5.94. The van der Waals surface area contributed by atoms with E-state index in [-0.39, 0.29) is 18.4 Å². The van der Waals surface area contributed by atoms with Crippen molar-refractivity contribution in [3.63, 3.8) is 0 Å². The minimum absolute atomic E-state index is 0.199. The van der Waals surface area contributed by atoms with Gasteiger partial charge in [-0.15, -0.1) is 0 Å². The number of rotatable bonds is 10. The lowest BCUT2D eigenvalue weighted by Gasteiger charge is -2.38. The molecule has 9 nitrogen and oxygen atoms in total. The van der Waals surface area contributed by atoms with E-state index < -0.39 is 6.10 Å². The summed E-state index contributed by atoms with van der Waals surface area (Å²) in [5.74, 6) is 1.61. The van der Waals surface area contributed by atoms with Crippen molar-refractivity contribution in [3.05, 3.63) is 77.5 Å². The minimum atomic E-state index is -0.657. The quantitative estimate of drug-likeness (QED) is 0.457. The Kier molecular flexibility index (Phi) is 7.71. The van der Waals surface area contributed by atoms with Crippen LogP contribution in [0, 0.1) is 5.92 Å². The molecule has 196 valence electrons. The number of pyridine rings is 1. The van der Waals surface area contributed by atoms with Crippen molar-refractivity contribution in [2.45, 2.75) is 44.4 Å². The molecule has 0 bridgehead atoms. The standard InChI is InChI=1S/C28H36N6O3/c1-19-25-10-13-34(16-21(25)6-7-26(19)37-18-23-9-12-31-33(23)2)17-24(35)15-30-28(36)20-8-11-29-27(14-20)32-22-4-3-5-22/h6-9,11-12,14,22,24-25,35H,1,3-5,10,13,15-18H2,2H3,(H,29,32)(H,30,36)/t24-,25?/m0/s1. The number of aromatic nitrogens is 3. The van der Waals surface area contributed by atoms with Crippen molar-refractivity contribution in [1.29, 1.82) is 0 Å². The first-order chi connectivity index (χ1) is 18.0. The molecule has 1 unspecified atom stereocenters. The monoisotopic (exact) mass is 504 g/mol. The molecular weight excluding hydrogens is 468 g/mol. The number of carbonyl (C=O) groups excluding carboxylic acids is 1. The Bertz CT molecular complexity index is 1200. The Morgan fingerprint density at radius 1 is 1.27 bits per heavy atom. The number of aliphatic hydroxyl groups is 1. The van der Waals surface area contributed by atoms with Crippen LogP contribution in [-0.2, 0) is 18.4 Å². The summed E-state index contributed by atoms with van der Waals surface area (Å²) >= 11 is 0. The van der Waals surface area contributed by atoms with Gasteiger partial charge in [0.1, 0.15) is 18.2 Å². The second-order valence-electron chi connectivity index (χ2n) is 10.2. The number of allylic oxidation sites excluding steroid dienone is 3. The van der Waals surface area contributed by atoms with Crippen molar-refractivity contribution >= 4 is 11.7 Å². The van der Waals surface area contributed by atoms with Gasteiger partial charge in [-0.3, -0.25) is 14.4 Å². The highest BCUT2D eigenvalue weighted by atomic mass is 16.5. The summed E-state index contributed by atoms with van der Waals surface area (Å²) in [6, 6.07) is 5.87. The van der Waals surface area contributed by atoms with Gasteiger partial charge in [-0.1, -0.05) is 12.7 Å². The number of carbonyl (C=O) groups is 1. The van der Waals surface area contributed by atoms with E-state index in [1.165, 1.54) is 12.0 Å². The molecule has 3 heterocycles. The van der Waals surface area contributed by atoms with Crippen LogP contribution in [0.4, 0.5) is 5.82 Å². The number of piperidine rings is 1. The minimum Gasteiger partial charge on any atom is -0.487 e.